The average Bonchev–Trinajstić information content (AvgIpc) is 3.48. The second-order valence-electron chi connectivity index (χ2n) is 8.80. The van der Waals surface area contributed by atoms with E-state index in [1.165, 1.54) is 0 Å². The van der Waals surface area contributed by atoms with Gasteiger partial charge in [0.15, 0.2) is 0 Å². The molecule has 1 atom stereocenters. The van der Waals surface area contributed by atoms with Crippen LogP contribution in [0.1, 0.15) is 28.5 Å². The van der Waals surface area contributed by atoms with Gasteiger partial charge >= 0.3 is 0 Å². The maximum Gasteiger partial charge on any atom is 0.271 e. The minimum atomic E-state index is -1.10. The molecule has 180 valence electrons. The lowest BCUT2D eigenvalue weighted by Gasteiger charge is -2.44. The molecule has 1 aliphatic heterocycles. The van der Waals surface area contributed by atoms with E-state index in [-0.39, 0.29) is 11.8 Å². The van der Waals surface area contributed by atoms with Crippen molar-refractivity contribution in [2.24, 2.45) is 0 Å². The van der Waals surface area contributed by atoms with E-state index in [4.69, 9.17) is 9.47 Å². The first kappa shape index (κ1) is 23.0. The van der Waals surface area contributed by atoms with Crippen LogP contribution < -0.4 is 14.8 Å². The maximum absolute atomic E-state index is 13.8. The highest BCUT2D eigenvalue weighted by molar-refractivity contribution is 7.16. The summed E-state index contributed by atoms with van der Waals surface area (Å²) >= 11 is 1.58. The third-order valence-corrected chi connectivity index (χ3v) is 7.60. The fraction of sp³-hybridized carbons (Fsp3) is 0.259. The smallest absolute Gasteiger partial charge is 0.271 e. The van der Waals surface area contributed by atoms with Crippen LogP contribution in [0.25, 0.3) is 10.2 Å². The van der Waals surface area contributed by atoms with Crippen LogP contribution in [0.2, 0.25) is 0 Å². The number of nitrogens with zero attached hydrogens (tertiary/aromatic N) is 2. The van der Waals surface area contributed by atoms with Gasteiger partial charge in [-0.1, -0.05) is 30.3 Å². The molecule has 1 N–H and O–H groups in total. The van der Waals surface area contributed by atoms with Gasteiger partial charge in [-0.2, -0.15) is 0 Å². The highest BCUT2D eigenvalue weighted by atomic mass is 32.1. The van der Waals surface area contributed by atoms with E-state index < -0.39 is 5.54 Å². The number of para-hydroxylation sites is 1. The fourth-order valence-electron chi connectivity index (χ4n) is 4.63. The van der Waals surface area contributed by atoms with E-state index in [0.717, 1.165) is 27.1 Å². The van der Waals surface area contributed by atoms with Crippen molar-refractivity contribution in [1.29, 1.82) is 0 Å². The first-order valence-corrected chi connectivity index (χ1v) is 12.2. The van der Waals surface area contributed by atoms with Crippen molar-refractivity contribution in [3.63, 3.8) is 0 Å². The minimum Gasteiger partial charge on any atom is -0.497 e. The Morgan fingerprint density at radius 3 is 2.60 bits per heavy atom. The number of nitrogens with one attached hydrogen (secondary N) is 1. The molecular weight excluding hydrogens is 462 g/mol. The lowest BCUT2D eigenvalue weighted by Crippen LogP contribution is -2.63. The van der Waals surface area contributed by atoms with Gasteiger partial charge < -0.3 is 24.3 Å². The third kappa shape index (κ3) is 4.04. The molecule has 2 aromatic carbocycles. The Kier molecular flexibility index (Phi) is 5.98. The van der Waals surface area contributed by atoms with Crippen LogP contribution in [0.4, 0.5) is 0 Å². The summed E-state index contributed by atoms with van der Waals surface area (Å²) in [5.74, 6) is 1.07. The van der Waals surface area contributed by atoms with Crippen molar-refractivity contribution in [1.82, 2.24) is 14.8 Å². The fourth-order valence-corrected chi connectivity index (χ4v) is 5.53. The molecule has 7 nitrogen and oxygen atoms in total. The van der Waals surface area contributed by atoms with Crippen molar-refractivity contribution in [2.75, 3.05) is 14.2 Å². The van der Waals surface area contributed by atoms with Crippen LogP contribution in [0.5, 0.6) is 11.5 Å². The largest absolute Gasteiger partial charge is 0.497 e. The molecule has 0 aliphatic carbocycles. The summed E-state index contributed by atoms with van der Waals surface area (Å²) in [4.78, 5) is 30.2. The Hall–Kier alpha value is -3.78. The van der Waals surface area contributed by atoms with Gasteiger partial charge in [-0.15, -0.1) is 11.3 Å². The lowest BCUT2D eigenvalue weighted by atomic mass is 9.93. The number of benzene rings is 2. The second-order valence-corrected chi connectivity index (χ2v) is 9.70. The highest BCUT2D eigenvalue weighted by Crippen LogP contribution is 2.35. The number of hydrogen-bond acceptors (Lipinski definition) is 5. The number of methoxy groups -OCH3 is 2. The van der Waals surface area contributed by atoms with Crippen LogP contribution in [0.3, 0.4) is 0 Å². The predicted octanol–water partition coefficient (Wildman–Crippen LogP) is 4.45. The number of carbonyl (C=O) groups excluding carboxylic acids is 2. The predicted molar refractivity (Wildman–Crippen MR) is 136 cm³/mol. The number of carbonyl (C=O) groups is 2. The summed E-state index contributed by atoms with van der Waals surface area (Å²) in [6.07, 6.45) is 0. The van der Waals surface area contributed by atoms with Gasteiger partial charge in [-0.05, 0) is 48.2 Å². The Balaban J connectivity index is 1.49. The quantitative estimate of drug-likeness (QED) is 0.416. The molecule has 2 amide bonds. The summed E-state index contributed by atoms with van der Waals surface area (Å²) in [6.45, 7) is 2.82. The Morgan fingerprint density at radius 2 is 1.86 bits per heavy atom. The van der Waals surface area contributed by atoms with E-state index in [0.29, 0.717) is 31.1 Å². The molecule has 8 heteroatoms. The molecule has 0 spiro atoms. The van der Waals surface area contributed by atoms with Crippen LogP contribution in [-0.2, 0) is 24.4 Å². The van der Waals surface area contributed by atoms with Crippen molar-refractivity contribution >= 4 is 33.4 Å². The molecule has 0 unspecified atom stereocenters. The number of hydrogen-bond donors (Lipinski definition) is 1. The number of rotatable bonds is 7. The molecule has 0 saturated carbocycles. The number of aromatic nitrogens is 1. The summed E-state index contributed by atoms with van der Waals surface area (Å²) < 4.78 is 12.7. The minimum absolute atomic E-state index is 0.162. The zero-order chi connectivity index (χ0) is 24.6. The SMILES string of the molecule is COc1ccc(CN2C(=O)c3cc4ccsc4n3C[C@]2(C)C(=O)NCc2ccccc2OC)cc1. The van der Waals surface area contributed by atoms with Crippen LogP contribution in [-0.4, -0.2) is 41.0 Å². The van der Waals surface area contributed by atoms with Crippen LogP contribution in [0.15, 0.2) is 66.0 Å². The molecule has 35 heavy (non-hydrogen) atoms. The second kappa shape index (κ2) is 9.11. The molecule has 4 aromatic rings. The Morgan fingerprint density at radius 1 is 1.09 bits per heavy atom. The van der Waals surface area contributed by atoms with Gasteiger partial charge in [-0.25, -0.2) is 0 Å². The number of ether oxygens (including phenoxy) is 2. The van der Waals surface area contributed by atoms with Crippen LogP contribution in [0, 0.1) is 0 Å². The molecule has 0 saturated heterocycles. The maximum atomic E-state index is 13.8. The van der Waals surface area contributed by atoms with Gasteiger partial charge in [-0.3, -0.25) is 9.59 Å². The first-order chi connectivity index (χ1) is 16.9. The van der Waals surface area contributed by atoms with Gasteiger partial charge in [0.1, 0.15) is 27.6 Å². The molecule has 0 radical (unpaired) electrons. The summed E-state index contributed by atoms with van der Waals surface area (Å²) in [7, 11) is 3.23. The Bertz CT molecular complexity index is 1390. The lowest BCUT2D eigenvalue weighted by molar-refractivity contribution is -0.133. The van der Waals surface area contributed by atoms with Gasteiger partial charge in [0.05, 0.1) is 20.8 Å². The van der Waals surface area contributed by atoms with Crippen LogP contribution >= 0.6 is 11.3 Å². The monoisotopic (exact) mass is 489 g/mol. The van der Waals surface area contributed by atoms with Gasteiger partial charge in [0, 0.05) is 24.0 Å². The summed E-state index contributed by atoms with van der Waals surface area (Å²) in [5, 5.41) is 6.08. The topological polar surface area (TPSA) is 72.8 Å². The van der Waals surface area contributed by atoms with Crippen molar-refractivity contribution in [3.05, 3.63) is 82.9 Å². The molecule has 0 bridgehead atoms. The van der Waals surface area contributed by atoms with E-state index in [1.807, 2.05) is 77.5 Å². The number of thiophene rings is 1. The molecule has 2 aromatic heterocycles. The number of amides is 2. The first-order valence-electron chi connectivity index (χ1n) is 11.4. The van der Waals surface area contributed by atoms with E-state index in [2.05, 4.69) is 5.32 Å². The molecule has 3 heterocycles. The van der Waals surface area contributed by atoms with E-state index in [9.17, 15) is 9.59 Å². The zero-order valence-corrected chi connectivity index (χ0v) is 20.7. The van der Waals surface area contributed by atoms with E-state index in [1.54, 1.807) is 30.5 Å². The molecule has 5 rings (SSSR count). The third-order valence-electron chi connectivity index (χ3n) is 6.65. The van der Waals surface area contributed by atoms with Gasteiger partial charge in [0.2, 0.25) is 5.91 Å². The van der Waals surface area contributed by atoms with E-state index >= 15 is 0 Å². The Labute approximate surface area is 207 Å². The highest BCUT2D eigenvalue weighted by Gasteiger charge is 2.47. The molecule has 0 fully saturated rings. The number of fused-ring (bicyclic) bond motifs is 3. The molecular formula is C27H27N3O4S. The van der Waals surface area contributed by atoms with Crippen molar-refractivity contribution in [3.8, 4) is 11.5 Å². The zero-order valence-electron chi connectivity index (χ0n) is 19.9. The molecule has 1 aliphatic rings. The average molecular weight is 490 g/mol. The summed E-state index contributed by atoms with van der Waals surface area (Å²) in [6, 6.07) is 19.1. The normalized spacial score (nSPS) is 17.3. The standard InChI is InChI=1S/C27H27N3O4S/c1-27(26(32)28-15-20-6-4-5-7-23(20)34-3)17-29-22(14-19-12-13-35-25(19)29)24(31)30(27)16-18-8-10-21(33-2)11-9-18/h4-14H,15-17H2,1-3H3,(H,28,32)/t27-/m1/s1. The van der Waals surface area contributed by atoms with Crippen molar-refractivity contribution in [2.45, 2.75) is 32.1 Å². The van der Waals surface area contributed by atoms with Gasteiger partial charge in [0.25, 0.3) is 5.91 Å². The van der Waals surface area contributed by atoms with Crippen molar-refractivity contribution < 1.29 is 19.1 Å². The summed E-state index contributed by atoms with van der Waals surface area (Å²) in [5.41, 5.74) is 1.31.